The Morgan fingerprint density at radius 1 is 1.27 bits per heavy atom. The minimum absolute atomic E-state index is 0.00671. The molecule has 0 unspecified atom stereocenters. The van der Waals surface area contributed by atoms with Crippen LogP contribution in [0.5, 0.6) is 0 Å². The van der Waals surface area contributed by atoms with E-state index < -0.39 is 4.92 Å². The fourth-order valence-corrected chi connectivity index (χ4v) is 2.90. The third-order valence-corrected chi connectivity index (χ3v) is 4.02. The monoisotopic (exact) mass is 378 g/mol. The molecule has 0 fully saturated rings. The van der Waals surface area contributed by atoms with E-state index in [1.165, 1.54) is 12.1 Å². The van der Waals surface area contributed by atoms with Crippen molar-refractivity contribution in [2.45, 2.75) is 0 Å². The summed E-state index contributed by atoms with van der Waals surface area (Å²) in [6.45, 7) is 0. The normalized spacial score (nSPS) is 14.8. The molecule has 1 amide bonds. The number of hydrogen-bond donors (Lipinski definition) is 1. The molecule has 3 rings (SSSR count). The van der Waals surface area contributed by atoms with Crippen LogP contribution in [0.15, 0.2) is 40.9 Å². The second kappa shape index (κ2) is 5.55. The van der Waals surface area contributed by atoms with Crippen molar-refractivity contribution in [1.82, 2.24) is 0 Å². The minimum atomic E-state index is -0.567. The van der Waals surface area contributed by atoms with Crippen molar-refractivity contribution in [2.24, 2.45) is 0 Å². The molecule has 0 spiro atoms. The summed E-state index contributed by atoms with van der Waals surface area (Å²) >= 11 is 9.22. The molecule has 1 N–H and O–H groups in total. The van der Waals surface area contributed by atoms with Gasteiger partial charge in [-0.15, -0.1) is 0 Å². The van der Waals surface area contributed by atoms with Crippen LogP contribution in [0.25, 0.3) is 11.6 Å². The van der Waals surface area contributed by atoms with Gasteiger partial charge in [-0.25, -0.2) is 0 Å². The molecule has 2 aromatic carbocycles. The lowest BCUT2D eigenvalue weighted by atomic mass is 10.0. The summed E-state index contributed by atoms with van der Waals surface area (Å²) in [7, 11) is 0. The highest BCUT2D eigenvalue weighted by molar-refractivity contribution is 9.10. The Balaban J connectivity index is 2.15. The van der Waals surface area contributed by atoms with Gasteiger partial charge in [0.05, 0.1) is 10.6 Å². The SMILES string of the molecule is O=C1Nc2cc(Cl)c([N+](=O)[O-])cc2/C1=C\c1cccc(Br)c1. The number of amides is 1. The Kier molecular flexibility index (Phi) is 3.72. The minimum Gasteiger partial charge on any atom is -0.321 e. The van der Waals surface area contributed by atoms with Crippen LogP contribution in [0.2, 0.25) is 5.02 Å². The standard InChI is InChI=1S/C15H8BrClN2O3/c16-9-3-1-2-8(4-9)5-11-10-6-14(19(21)22)12(17)7-13(10)18-15(11)20/h1-7H,(H,18,20)/b11-5+. The van der Waals surface area contributed by atoms with Gasteiger partial charge in [0.2, 0.25) is 0 Å². The second-order valence-electron chi connectivity index (χ2n) is 4.67. The van der Waals surface area contributed by atoms with Crippen molar-refractivity contribution in [3.63, 3.8) is 0 Å². The van der Waals surface area contributed by atoms with Crippen LogP contribution in [-0.2, 0) is 4.79 Å². The lowest BCUT2D eigenvalue weighted by Gasteiger charge is -2.01. The van der Waals surface area contributed by atoms with Gasteiger partial charge in [0.25, 0.3) is 11.6 Å². The van der Waals surface area contributed by atoms with Gasteiger partial charge in [0.15, 0.2) is 0 Å². The van der Waals surface area contributed by atoms with E-state index in [1.807, 2.05) is 24.3 Å². The molecule has 1 heterocycles. The number of nitrogens with one attached hydrogen (secondary N) is 1. The zero-order valence-corrected chi connectivity index (χ0v) is 13.3. The number of halogens is 2. The Hall–Kier alpha value is -2.18. The van der Waals surface area contributed by atoms with Gasteiger partial charge in [-0.05, 0) is 29.8 Å². The van der Waals surface area contributed by atoms with E-state index in [-0.39, 0.29) is 16.6 Å². The highest BCUT2D eigenvalue weighted by atomic mass is 79.9. The molecule has 0 radical (unpaired) electrons. The van der Waals surface area contributed by atoms with Crippen molar-refractivity contribution in [2.75, 3.05) is 5.32 Å². The van der Waals surface area contributed by atoms with Crippen LogP contribution in [0.1, 0.15) is 11.1 Å². The van der Waals surface area contributed by atoms with E-state index in [2.05, 4.69) is 21.2 Å². The molecule has 5 nitrogen and oxygen atoms in total. The Labute approximate surface area is 138 Å². The highest BCUT2D eigenvalue weighted by Crippen LogP contribution is 2.39. The third-order valence-electron chi connectivity index (χ3n) is 3.23. The predicted molar refractivity (Wildman–Crippen MR) is 88.7 cm³/mol. The van der Waals surface area contributed by atoms with Crippen LogP contribution in [0.4, 0.5) is 11.4 Å². The number of hydrogen-bond acceptors (Lipinski definition) is 3. The molecule has 1 aliphatic rings. The zero-order chi connectivity index (χ0) is 15.9. The summed E-state index contributed by atoms with van der Waals surface area (Å²) in [5.74, 6) is -0.313. The first-order valence-electron chi connectivity index (χ1n) is 6.22. The van der Waals surface area contributed by atoms with Gasteiger partial charge in [-0.1, -0.05) is 39.7 Å². The van der Waals surface area contributed by atoms with Crippen molar-refractivity contribution in [3.8, 4) is 0 Å². The number of rotatable bonds is 2. The summed E-state index contributed by atoms with van der Waals surface area (Å²) in [4.78, 5) is 22.5. The second-order valence-corrected chi connectivity index (χ2v) is 6.00. The van der Waals surface area contributed by atoms with Crippen LogP contribution >= 0.6 is 27.5 Å². The molecular formula is C15H8BrClN2O3. The van der Waals surface area contributed by atoms with Gasteiger partial charge in [-0.3, -0.25) is 14.9 Å². The molecule has 2 aromatic rings. The van der Waals surface area contributed by atoms with Crippen LogP contribution in [0.3, 0.4) is 0 Å². The molecule has 0 saturated heterocycles. The number of nitro benzene ring substituents is 1. The number of carbonyl (C=O) groups excluding carboxylic acids is 1. The largest absolute Gasteiger partial charge is 0.321 e. The van der Waals surface area contributed by atoms with Crippen molar-refractivity contribution >= 4 is 56.5 Å². The van der Waals surface area contributed by atoms with E-state index >= 15 is 0 Å². The number of carbonyl (C=O) groups is 1. The highest BCUT2D eigenvalue weighted by Gasteiger charge is 2.28. The average molecular weight is 380 g/mol. The maximum Gasteiger partial charge on any atom is 0.288 e. The van der Waals surface area contributed by atoms with Gasteiger partial charge in [0.1, 0.15) is 5.02 Å². The first kappa shape index (κ1) is 14.7. The Bertz CT molecular complexity index is 849. The predicted octanol–water partition coefficient (Wildman–Crippen LogP) is 4.50. The van der Waals surface area contributed by atoms with Crippen molar-refractivity contribution < 1.29 is 9.72 Å². The van der Waals surface area contributed by atoms with Gasteiger partial charge >= 0.3 is 0 Å². The first-order chi connectivity index (χ1) is 10.5. The molecule has 1 aliphatic heterocycles. The fourth-order valence-electron chi connectivity index (χ4n) is 2.25. The number of nitro groups is 1. The summed E-state index contributed by atoms with van der Waals surface area (Å²) in [5, 5.41) is 13.7. The smallest absolute Gasteiger partial charge is 0.288 e. The van der Waals surface area contributed by atoms with Crippen molar-refractivity contribution in [3.05, 3.63) is 67.1 Å². The van der Waals surface area contributed by atoms with Gasteiger partial charge in [0, 0.05) is 21.7 Å². The molecule has 0 atom stereocenters. The Morgan fingerprint density at radius 2 is 2.05 bits per heavy atom. The van der Waals surface area contributed by atoms with Gasteiger partial charge < -0.3 is 5.32 Å². The molecular weight excluding hydrogens is 372 g/mol. The summed E-state index contributed by atoms with van der Waals surface area (Å²) < 4.78 is 0.877. The number of benzene rings is 2. The maximum atomic E-state index is 12.1. The van der Waals surface area contributed by atoms with E-state index in [0.29, 0.717) is 16.8 Å². The fraction of sp³-hybridized carbons (Fsp3) is 0. The van der Waals surface area contributed by atoms with E-state index in [9.17, 15) is 14.9 Å². The summed E-state index contributed by atoms with van der Waals surface area (Å²) in [6, 6.07) is 10.1. The van der Waals surface area contributed by atoms with E-state index in [1.54, 1.807) is 6.08 Å². The average Bonchev–Trinajstić information content (AvgIpc) is 2.73. The number of fused-ring (bicyclic) bond motifs is 1. The molecule has 110 valence electrons. The van der Waals surface area contributed by atoms with Crippen LogP contribution in [-0.4, -0.2) is 10.8 Å². The Morgan fingerprint density at radius 3 is 2.73 bits per heavy atom. The topological polar surface area (TPSA) is 72.2 Å². The third kappa shape index (κ3) is 2.63. The molecule has 7 heteroatoms. The number of anilines is 1. The lowest BCUT2D eigenvalue weighted by Crippen LogP contribution is -2.03. The molecule has 0 saturated carbocycles. The molecule has 22 heavy (non-hydrogen) atoms. The molecule has 0 bridgehead atoms. The summed E-state index contributed by atoms with van der Waals surface area (Å²) in [6.07, 6.45) is 1.68. The molecule has 0 aliphatic carbocycles. The first-order valence-corrected chi connectivity index (χ1v) is 7.40. The van der Waals surface area contributed by atoms with E-state index in [0.717, 1.165) is 10.0 Å². The lowest BCUT2D eigenvalue weighted by molar-refractivity contribution is -0.384. The molecule has 0 aromatic heterocycles. The maximum absolute atomic E-state index is 12.1. The van der Waals surface area contributed by atoms with Gasteiger partial charge in [-0.2, -0.15) is 0 Å². The van der Waals surface area contributed by atoms with E-state index in [4.69, 9.17) is 11.6 Å². The van der Waals surface area contributed by atoms with Crippen LogP contribution < -0.4 is 5.32 Å². The number of nitrogens with zero attached hydrogens (tertiary/aromatic N) is 1. The van der Waals surface area contributed by atoms with Crippen LogP contribution in [0, 0.1) is 10.1 Å². The summed E-state index contributed by atoms with van der Waals surface area (Å²) in [5.41, 5.74) is 1.90. The quantitative estimate of drug-likeness (QED) is 0.474. The van der Waals surface area contributed by atoms with Crippen molar-refractivity contribution in [1.29, 1.82) is 0 Å². The zero-order valence-electron chi connectivity index (χ0n) is 11.0.